The highest BCUT2D eigenvalue weighted by atomic mass is 16.5. The zero-order chi connectivity index (χ0) is 14.1. The number of ether oxygens (including phenoxy) is 2. The fraction of sp³-hybridized carbons (Fsp3) is 0.533. The predicted octanol–water partition coefficient (Wildman–Crippen LogP) is 2.47. The Balaban J connectivity index is 2.64. The molecule has 1 rings (SSSR count). The number of nitrogens with one attached hydrogen (secondary N) is 1. The first-order chi connectivity index (χ1) is 9.24. The summed E-state index contributed by atoms with van der Waals surface area (Å²) in [6.45, 7) is 3.59. The molecule has 4 heteroatoms. The lowest BCUT2D eigenvalue weighted by atomic mass is 10.1. The van der Waals surface area contributed by atoms with Crippen molar-refractivity contribution in [1.29, 1.82) is 5.26 Å². The second kappa shape index (κ2) is 8.52. The number of rotatable bonds is 8. The molecule has 104 valence electrons. The normalized spacial score (nSPS) is 11.9. The van der Waals surface area contributed by atoms with Gasteiger partial charge in [-0.05, 0) is 24.1 Å². The van der Waals surface area contributed by atoms with Gasteiger partial charge in [-0.1, -0.05) is 19.4 Å². The van der Waals surface area contributed by atoms with E-state index in [1.165, 1.54) is 0 Å². The van der Waals surface area contributed by atoms with E-state index >= 15 is 0 Å². The summed E-state index contributed by atoms with van der Waals surface area (Å²) >= 11 is 0. The molecule has 0 fully saturated rings. The summed E-state index contributed by atoms with van der Waals surface area (Å²) in [5.74, 6) is 0.619. The van der Waals surface area contributed by atoms with Crippen molar-refractivity contribution in [1.82, 2.24) is 5.32 Å². The monoisotopic (exact) mass is 262 g/mol. The Kier molecular flexibility index (Phi) is 6.94. The molecule has 1 unspecified atom stereocenters. The van der Waals surface area contributed by atoms with Gasteiger partial charge in [0.2, 0.25) is 0 Å². The van der Waals surface area contributed by atoms with Crippen LogP contribution in [0.1, 0.15) is 30.9 Å². The van der Waals surface area contributed by atoms with Crippen LogP contribution in [0.25, 0.3) is 0 Å². The van der Waals surface area contributed by atoms with Gasteiger partial charge >= 0.3 is 0 Å². The minimum atomic E-state index is 0.350. The van der Waals surface area contributed by atoms with E-state index in [1.807, 2.05) is 18.2 Å². The average Bonchev–Trinajstić information content (AvgIpc) is 2.44. The van der Waals surface area contributed by atoms with Crippen molar-refractivity contribution < 1.29 is 9.47 Å². The van der Waals surface area contributed by atoms with Gasteiger partial charge in [-0.3, -0.25) is 0 Å². The number of nitriles is 1. The van der Waals surface area contributed by atoms with Crippen molar-refractivity contribution >= 4 is 0 Å². The van der Waals surface area contributed by atoms with Crippen molar-refractivity contribution in [2.45, 2.75) is 32.4 Å². The molecule has 0 bridgehead atoms. The average molecular weight is 262 g/mol. The van der Waals surface area contributed by atoms with Crippen LogP contribution >= 0.6 is 0 Å². The molecular formula is C15H22N2O2. The van der Waals surface area contributed by atoms with E-state index in [-0.39, 0.29) is 0 Å². The lowest BCUT2D eigenvalue weighted by Crippen LogP contribution is -2.32. The molecule has 1 N–H and O–H groups in total. The molecule has 0 radical (unpaired) electrons. The molecule has 1 aromatic carbocycles. The van der Waals surface area contributed by atoms with Gasteiger partial charge in [0, 0.05) is 19.7 Å². The van der Waals surface area contributed by atoms with Gasteiger partial charge in [0.25, 0.3) is 0 Å². The third kappa shape index (κ3) is 4.90. The predicted molar refractivity (Wildman–Crippen MR) is 75.1 cm³/mol. The zero-order valence-electron chi connectivity index (χ0n) is 11.9. The second-order valence-electron chi connectivity index (χ2n) is 4.47. The van der Waals surface area contributed by atoms with E-state index in [2.05, 4.69) is 18.3 Å². The quantitative estimate of drug-likeness (QED) is 0.782. The molecule has 0 heterocycles. The van der Waals surface area contributed by atoms with Crippen LogP contribution in [0.4, 0.5) is 0 Å². The molecule has 0 aliphatic carbocycles. The van der Waals surface area contributed by atoms with E-state index in [9.17, 15) is 0 Å². The van der Waals surface area contributed by atoms with Gasteiger partial charge in [-0.15, -0.1) is 0 Å². The molecule has 0 saturated heterocycles. The largest absolute Gasteiger partial charge is 0.495 e. The number of benzene rings is 1. The standard InChI is InChI=1S/C15H22N2O2/c1-4-5-14(11-18-2)17-10-12-6-7-15(19-3)13(8-12)9-16/h6-8,14,17H,4-5,10-11H2,1-3H3. The molecule has 1 aromatic rings. The third-order valence-electron chi connectivity index (χ3n) is 2.98. The van der Waals surface area contributed by atoms with Crippen LogP contribution in [0.3, 0.4) is 0 Å². The van der Waals surface area contributed by atoms with Gasteiger partial charge < -0.3 is 14.8 Å². The molecule has 0 aliphatic rings. The Morgan fingerprint density at radius 1 is 1.37 bits per heavy atom. The Labute approximate surface area is 115 Å². The zero-order valence-corrected chi connectivity index (χ0v) is 11.9. The first-order valence-electron chi connectivity index (χ1n) is 6.54. The van der Waals surface area contributed by atoms with Crippen molar-refractivity contribution in [3.63, 3.8) is 0 Å². The summed E-state index contributed by atoms with van der Waals surface area (Å²) in [6, 6.07) is 8.17. The van der Waals surface area contributed by atoms with E-state index in [1.54, 1.807) is 14.2 Å². The summed E-state index contributed by atoms with van der Waals surface area (Å²) in [5.41, 5.74) is 1.65. The van der Waals surface area contributed by atoms with Crippen LogP contribution in [-0.4, -0.2) is 26.9 Å². The topological polar surface area (TPSA) is 54.3 Å². The fourth-order valence-corrected chi connectivity index (χ4v) is 2.01. The number of hydrogen-bond acceptors (Lipinski definition) is 4. The van der Waals surface area contributed by atoms with Gasteiger partial charge in [0.1, 0.15) is 11.8 Å². The van der Waals surface area contributed by atoms with Gasteiger partial charge in [-0.25, -0.2) is 0 Å². The van der Waals surface area contributed by atoms with E-state index in [0.717, 1.165) is 24.9 Å². The van der Waals surface area contributed by atoms with Crippen molar-refractivity contribution in [3.8, 4) is 11.8 Å². The maximum atomic E-state index is 9.05. The highest BCUT2D eigenvalue weighted by Gasteiger charge is 2.08. The lowest BCUT2D eigenvalue weighted by Gasteiger charge is -2.17. The van der Waals surface area contributed by atoms with Crippen LogP contribution < -0.4 is 10.1 Å². The van der Waals surface area contributed by atoms with Crippen molar-refractivity contribution in [2.24, 2.45) is 0 Å². The number of nitrogens with zero attached hydrogens (tertiary/aromatic N) is 1. The molecular weight excluding hydrogens is 240 g/mol. The van der Waals surface area contributed by atoms with Crippen LogP contribution in [0.5, 0.6) is 5.75 Å². The Bertz CT molecular complexity index is 421. The molecule has 4 nitrogen and oxygen atoms in total. The molecule has 0 saturated carbocycles. The minimum absolute atomic E-state index is 0.350. The summed E-state index contributed by atoms with van der Waals surface area (Å²) in [5, 5.41) is 12.5. The maximum Gasteiger partial charge on any atom is 0.136 e. The molecule has 19 heavy (non-hydrogen) atoms. The van der Waals surface area contributed by atoms with Gasteiger partial charge in [-0.2, -0.15) is 5.26 Å². The number of methoxy groups -OCH3 is 2. The molecule has 0 aromatic heterocycles. The van der Waals surface area contributed by atoms with Gasteiger partial charge in [0.05, 0.1) is 19.3 Å². The molecule has 0 aliphatic heterocycles. The lowest BCUT2D eigenvalue weighted by molar-refractivity contribution is 0.161. The highest BCUT2D eigenvalue weighted by molar-refractivity contribution is 5.45. The number of hydrogen-bond donors (Lipinski definition) is 1. The Morgan fingerprint density at radius 2 is 2.16 bits per heavy atom. The van der Waals surface area contributed by atoms with Crippen molar-refractivity contribution in [2.75, 3.05) is 20.8 Å². The van der Waals surface area contributed by atoms with Crippen LogP contribution in [0, 0.1) is 11.3 Å². The fourth-order valence-electron chi connectivity index (χ4n) is 2.01. The molecule has 0 amide bonds. The minimum Gasteiger partial charge on any atom is -0.495 e. The summed E-state index contributed by atoms with van der Waals surface area (Å²) in [6.07, 6.45) is 2.20. The highest BCUT2D eigenvalue weighted by Crippen LogP contribution is 2.18. The summed E-state index contributed by atoms with van der Waals surface area (Å²) in [7, 11) is 3.29. The molecule has 1 atom stereocenters. The summed E-state index contributed by atoms with van der Waals surface area (Å²) < 4.78 is 10.3. The SMILES string of the molecule is CCCC(COC)NCc1ccc(OC)c(C#N)c1. The second-order valence-corrected chi connectivity index (χ2v) is 4.47. The van der Waals surface area contributed by atoms with Crippen molar-refractivity contribution in [3.05, 3.63) is 29.3 Å². The first kappa shape index (κ1) is 15.5. The van der Waals surface area contributed by atoms with Crippen LogP contribution in [-0.2, 0) is 11.3 Å². The Hall–Kier alpha value is -1.57. The first-order valence-corrected chi connectivity index (χ1v) is 6.54. The summed E-state index contributed by atoms with van der Waals surface area (Å²) in [4.78, 5) is 0. The van der Waals surface area contributed by atoms with E-state index < -0.39 is 0 Å². The Morgan fingerprint density at radius 3 is 2.74 bits per heavy atom. The van der Waals surface area contributed by atoms with E-state index in [4.69, 9.17) is 14.7 Å². The van der Waals surface area contributed by atoms with Crippen LogP contribution in [0.15, 0.2) is 18.2 Å². The maximum absolute atomic E-state index is 9.05. The molecule has 0 spiro atoms. The third-order valence-corrected chi connectivity index (χ3v) is 2.98. The smallest absolute Gasteiger partial charge is 0.136 e. The van der Waals surface area contributed by atoms with E-state index in [0.29, 0.717) is 24.0 Å². The van der Waals surface area contributed by atoms with Crippen LogP contribution in [0.2, 0.25) is 0 Å². The van der Waals surface area contributed by atoms with Gasteiger partial charge in [0.15, 0.2) is 0 Å².